The van der Waals surface area contributed by atoms with Crippen LogP contribution in [-0.4, -0.2) is 25.2 Å². The summed E-state index contributed by atoms with van der Waals surface area (Å²) in [6, 6.07) is 2.09. The van der Waals surface area contributed by atoms with Gasteiger partial charge in [-0.25, -0.2) is 0 Å². The second-order valence-corrected chi connectivity index (χ2v) is 5.50. The zero-order chi connectivity index (χ0) is 14.0. The van der Waals surface area contributed by atoms with Crippen LogP contribution in [0.2, 0.25) is 0 Å². The van der Waals surface area contributed by atoms with E-state index in [0.29, 0.717) is 9.88 Å². The van der Waals surface area contributed by atoms with Gasteiger partial charge < -0.3 is 21.5 Å². The summed E-state index contributed by atoms with van der Waals surface area (Å²) in [6.45, 7) is 0. The lowest BCUT2D eigenvalue weighted by molar-refractivity contribution is 0.0992. The van der Waals surface area contributed by atoms with Gasteiger partial charge in [-0.15, -0.1) is 11.3 Å². The Kier molecular flexibility index (Phi) is 3.93. The summed E-state index contributed by atoms with van der Waals surface area (Å²) in [6.07, 6.45) is 3.10. The first kappa shape index (κ1) is 13.6. The number of carbonyl (C=O) groups excluding carboxylic acids is 1. The molecule has 0 saturated heterocycles. The summed E-state index contributed by atoms with van der Waals surface area (Å²) in [5.41, 5.74) is 11.5. The number of ether oxygens (including phenoxy) is 1. The van der Waals surface area contributed by atoms with E-state index in [1.807, 2.05) is 6.07 Å². The van der Waals surface area contributed by atoms with Gasteiger partial charge in [0, 0.05) is 7.11 Å². The molecule has 0 radical (unpaired) electrons. The number of primary amides is 1. The fraction of sp³-hybridized carbons (Fsp3) is 0.500. The highest BCUT2D eigenvalue weighted by Crippen LogP contribution is 2.37. The average molecular weight is 280 g/mol. The smallest absolute Gasteiger partial charge is 0.253 e. The van der Waals surface area contributed by atoms with E-state index in [1.165, 1.54) is 0 Å². The van der Waals surface area contributed by atoms with E-state index in [1.54, 1.807) is 7.11 Å². The third-order valence-electron chi connectivity index (χ3n) is 3.36. The maximum Gasteiger partial charge on any atom is 0.253 e. The number of hydrogen-bond acceptors (Lipinski definition) is 6. The van der Waals surface area contributed by atoms with Gasteiger partial charge in [-0.2, -0.15) is 5.26 Å². The normalized spacial score (nSPS) is 22.1. The zero-order valence-electron chi connectivity index (χ0n) is 10.6. The second-order valence-electron chi connectivity index (χ2n) is 4.48. The van der Waals surface area contributed by atoms with E-state index in [9.17, 15) is 4.79 Å². The van der Waals surface area contributed by atoms with Crippen LogP contribution < -0.4 is 16.8 Å². The van der Waals surface area contributed by atoms with E-state index in [0.717, 1.165) is 30.6 Å². The van der Waals surface area contributed by atoms with Crippen LogP contribution in [0.1, 0.15) is 34.5 Å². The lowest BCUT2D eigenvalue weighted by Crippen LogP contribution is -2.30. The number of rotatable bonds is 4. The first-order valence-corrected chi connectivity index (χ1v) is 6.81. The van der Waals surface area contributed by atoms with Crippen LogP contribution in [0.5, 0.6) is 0 Å². The Bertz CT molecular complexity index is 535. The number of thiophene rings is 1. The number of nitrogens with zero attached hydrogens (tertiary/aromatic N) is 1. The second kappa shape index (κ2) is 5.47. The minimum absolute atomic E-state index is 0.106. The fourth-order valence-electron chi connectivity index (χ4n) is 2.41. The van der Waals surface area contributed by atoms with Crippen molar-refractivity contribution in [2.45, 2.75) is 31.4 Å². The predicted molar refractivity (Wildman–Crippen MR) is 74.0 cm³/mol. The summed E-state index contributed by atoms with van der Waals surface area (Å²) in [7, 11) is 1.67. The molecule has 0 spiro atoms. The topological polar surface area (TPSA) is 114 Å². The molecule has 1 aromatic rings. The molecule has 0 aromatic carbocycles. The van der Waals surface area contributed by atoms with Crippen molar-refractivity contribution >= 4 is 27.9 Å². The number of anilines is 2. The van der Waals surface area contributed by atoms with Crippen LogP contribution in [0.3, 0.4) is 0 Å². The zero-order valence-corrected chi connectivity index (χ0v) is 11.4. The molecule has 1 aromatic heterocycles. The molecule has 1 heterocycles. The third-order valence-corrected chi connectivity index (χ3v) is 4.41. The SMILES string of the molecule is COC1CCCC1Nc1sc(C#N)c(N)c1C(N)=O. The lowest BCUT2D eigenvalue weighted by Gasteiger charge is -2.20. The van der Waals surface area contributed by atoms with Crippen LogP contribution >= 0.6 is 11.3 Å². The number of amides is 1. The van der Waals surface area contributed by atoms with Gasteiger partial charge in [-0.1, -0.05) is 0 Å². The molecule has 5 N–H and O–H groups in total. The molecule has 1 aliphatic carbocycles. The van der Waals surface area contributed by atoms with Crippen LogP contribution in [0, 0.1) is 11.3 Å². The molecular weight excluding hydrogens is 264 g/mol. The minimum atomic E-state index is -0.621. The van der Waals surface area contributed by atoms with Crippen molar-refractivity contribution in [2.75, 3.05) is 18.2 Å². The molecule has 1 amide bonds. The van der Waals surface area contributed by atoms with Crippen LogP contribution in [0.4, 0.5) is 10.7 Å². The van der Waals surface area contributed by atoms with Gasteiger partial charge in [0.25, 0.3) is 5.91 Å². The molecule has 102 valence electrons. The molecule has 7 heteroatoms. The Morgan fingerprint density at radius 2 is 2.32 bits per heavy atom. The molecule has 2 atom stereocenters. The van der Waals surface area contributed by atoms with Crippen LogP contribution in [0.25, 0.3) is 0 Å². The number of nitriles is 1. The molecule has 19 heavy (non-hydrogen) atoms. The van der Waals surface area contributed by atoms with Gasteiger partial charge in [-0.05, 0) is 19.3 Å². The van der Waals surface area contributed by atoms with Crippen molar-refractivity contribution < 1.29 is 9.53 Å². The maximum atomic E-state index is 11.5. The lowest BCUT2D eigenvalue weighted by atomic mass is 10.2. The highest BCUT2D eigenvalue weighted by molar-refractivity contribution is 7.17. The first-order valence-electron chi connectivity index (χ1n) is 6.00. The highest BCUT2D eigenvalue weighted by atomic mass is 32.1. The Balaban J connectivity index is 2.30. The number of nitrogens with one attached hydrogen (secondary N) is 1. The summed E-state index contributed by atoms with van der Waals surface area (Å²) >= 11 is 1.16. The quantitative estimate of drug-likeness (QED) is 0.768. The monoisotopic (exact) mass is 280 g/mol. The highest BCUT2D eigenvalue weighted by Gasteiger charge is 2.29. The van der Waals surface area contributed by atoms with E-state index >= 15 is 0 Å². The Morgan fingerprint density at radius 1 is 1.58 bits per heavy atom. The Hall–Kier alpha value is -1.78. The van der Waals surface area contributed by atoms with Crippen LogP contribution in [0.15, 0.2) is 0 Å². The standard InChI is InChI=1S/C12H16N4O2S/c1-18-7-4-2-3-6(7)16-12-9(11(15)17)10(14)8(5-13)19-12/h6-7,16H,2-4,14H2,1H3,(H2,15,17). The fourth-order valence-corrected chi connectivity index (χ4v) is 3.40. The molecule has 1 saturated carbocycles. The maximum absolute atomic E-state index is 11.5. The number of nitrogen functional groups attached to an aromatic ring is 1. The minimum Gasteiger partial charge on any atom is -0.396 e. The van der Waals surface area contributed by atoms with E-state index < -0.39 is 5.91 Å². The summed E-state index contributed by atoms with van der Waals surface area (Å²) < 4.78 is 5.39. The molecular formula is C12H16N4O2S. The number of hydrogen-bond donors (Lipinski definition) is 3. The van der Waals surface area contributed by atoms with Crippen LogP contribution in [-0.2, 0) is 4.74 Å². The van der Waals surface area contributed by atoms with Gasteiger partial charge in [0.05, 0.1) is 23.4 Å². The van der Waals surface area contributed by atoms with Crippen molar-refractivity contribution in [2.24, 2.45) is 5.73 Å². The van der Waals surface area contributed by atoms with Gasteiger partial charge in [0.1, 0.15) is 15.9 Å². The largest absolute Gasteiger partial charge is 0.396 e. The molecule has 1 aliphatic rings. The van der Waals surface area contributed by atoms with E-state index in [4.69, 9.17) is 21.5 Å². The molecule has 0 aliphatic heterocycles. The number of methoxy groups -OCH3 is 1. The predicted octanol–water partition coefficient (Wildman–Crippen LogP) is 1.28. The third kappa shape index (κ3) is 2.50. The molecule has 6 nitrogen and oxygen atoms in total. The molecule has 0 bridgehead atoms. The van der Waals surface area contributed by atoms with Crippen molar-refractivity contribution in [1.29, 1.82) is 5.26 Å². The van der Waals surface area contributed by atoms with Gasteiger partial charge in [0.2, 0.25) is 0 Å². The van der Waals surface area contributed by atoms with E-state index in [2.05, 4.69) is 5.32 Å². The average Bonchev–Trinajstić information content (AvgIpc) is 2.93. The van der Waals surface area contributed by atoms with Crippen molar-refractivity contribution in [3.05, 3.63) is 10.4 Å². The van der Waals surface area contributed by atoms with Crippen molar-refractivity contribution in [3.63, 3.8) is 0 Å². The van der Waals surface area contributed by atoms with Crippen molar-refractivity contribution in [3.8, 4) is 6.07 Å². The Morgan fingerprint density at radius 3 is 2.89 bits per heavy atom. The van der Waals surface area contributed by atoms with Gasteiger partial charge in [0.15, 0.2) is 0 Å². The van der Waals surface area contributed by atoms with Gasteiger partial charge in [-0.3, -0.25) is 4.79 Å². The number of carbonyl (C=O) groups is 1. The molecule has 2 rings (SSSR count). The summed E-state index contributed by atoms with van der Waals surface area (Å²) in [5.74, 6) is -0.621. The summed E-state index contributed by atoms with van der Waals surface area (Å²) in [4.78, 5) is 11.8. The van der Waals surface area contributed by atoms with Crippen molar-refractivity contribution in [1.82, 2.24) is 0 Å². The first-order chi connectivity index (χ1) is 9.08. The Labute approximate surface area is 115 Å². The molecule has 1 fully saturated rings. The number of nitrogens with two attached hydrogens (primary N) is 2. The van der Waals surface area contributed by atoms with E-state index in [-0.39, 0.29) is 23.4 Å². The summed E-state index contributed by atoms with van der Waals surface area (Å²) in [5, 5.41) is 12.8. The molecule has 2 unspecified atom stereocenters. The van der Waals surface area contributed by atoms with Gasteiger partial charge >= 0.3 is 0 Å².